The standard InChI is InChI=1S/C27H33N3O5/c28-14-20-4-2-1-3-18(20)5-9-23(31)15-29-11-12-35-25-13-19(6-10-24(25)27(29)33)26(32)30-21-7-8-22(30)17-34-16-21/h1-4,6,10,13,21-23,31H,5,7-9,11-12,14-17,28H2. The maximum atomic E-state index is 13.3. The number of ether oxygens (including phenoxy) is 2. The molecule has 0 saturated carbocycles. The molecule has 3 N–H and O–H groups in total. The van der Waals surface area contributed by atoms with Crippen LogP contribution in [0.3, 0.4) is 0 Å². The van der Waals surface area contributed by atoms with Crippen molar-refractivity contribution in [3.63, 3.8) is 0 Å². The summed E-state index contributed by atoms with van der Waals surface area (Å²) in [6.45, 7) is 2.53. The maximum Gasteiger partial charge on any atom is 0.257 e. The normalized spacial score (nSPS) is 22.4. The minimum atomic E-state index is -0.663. The Labute approximate surface area is 205 Å². The predicted octanol–water partition coefficient (Wildman–Crippen LogP) is 1.98. The molecule has 2 aromatic carbocycles. The second kappa shape index (κ2) is 10.4. The third kappa shape index (κ3) is 4.91. The summed E-state index contributed by atoms with van der Waals surface area (Å²) in [7, 11) is 0. The number of carbonyl (C=O) groups excluding carboxylic acids is 2. The zero-order valence-corrected chi connectivity index (χ0v) is 19.9. The Morgan fingerprint density at radius 2 is 1.86 bits per heavy atom. The zero-order chi connectivity index (χ0) is 24.4. The van der Waals surface area contributed by atoms with E-state index in [2.05, 4.69) is 0 Å². The van der Waals surface area contributed by atoms with Crippen LogP contribution in [0.4, 0.5) is 0 Å². The Morgan fingerprint density at radius 3 is 2.60 bits per heavy atom. The predicted molar refractivity (Wildman–Crippen MR) is 130 cm³/mol. The molecule has 3 aliphatic heterocycles. The van der Waals surface area contributed by atoms with Crippen molar-refractivity contribution in [2.45, 2.75) is 50.4 Å². The molecule has 2 saturated heterocycles. The van der Waals surface area contributed by atoms with Crippen LogP contribution in [0, 0.1) is 0 Å². The van der Waals surface area contributed by atoms with Gasteiger partial charge in [-0.2, -0.15) is 0 Å². The zero-order valence-electron chi connectivity index (χ0n) is 19.9. The molecule has 186 valence electrons. The van der Waals surface area contributed by atoms with Gasteiger partial charge >= 0.3 is 0 Å². The highest BCUT2D eigenvalue weighted by atomic mass is 16.5. The van der Waals surface area contributed by atoms with Crippen LogP contribution in [0.15, 0.2) is 42.5 Å². The van der Waals surface area contributed by atoms with Crippen LogP contribution in [-0.4, -0.2) is 77.8 Å². The second-order valence-electron chi connectivity index (χ2n) is 9.61. The summed E-state index contributed by atoms with van der Waals surface area (Å²) < 4.78 is 11.5. The lowest BCUT2D eigenvalue weighted by molar-refractivity contribution is -0.00717. The number of hydrogen-bond donors (Lipinski definition) is 2. The topological polar surface area (TPSA) is 105 Å². The molecule has 2 fully saturated rings. The summed E-state index contributed by atoms with van der Waals surface area (Å²) >= 11 is 0. The number of morpholine rings is 1. The minimum Gasteiger partial charge on any atom is -0.491 e. The monoisotopic (exact) mass is 479 g/mol. The fraction of sp³-hybridized carbons (Fsp3) is 0.481. The molecule has 35 heavy (non-hydrogen) atoms. The van der Waals surface area contributed by atoms with Gasteiger partial charge in [0.05, 0.1) is 43.5 Å². The molecule has 3 unspecified atom stereocenters. The minimum absolute atomic E-state index is 0.0334. The number of carbonyl (C=O) groups is 2. The van der Waals surface area contributed by atoms with Crippen molar-refractivity contribution < 1.29 is 24.2 Å². The summed E-state index contributed by atoms with van der Waals surface area (Å²) in [4.78, 5) is 30.1. The number of nitrogens with two attached hydrogens (primary N) is 1. The molecule has 3 heterocycles. The molecule has 2 aromatic rings. The van der Waals surface area contributed by atoms with Gasteiger partial charge in [-0.3, -0.25) is 9.59 Å². The fourth-order valence-electron chi connectivity index (χ4n) is 5.44. The van der Waals surface area contributed by atoms with E-state index in [-0.39, 0.29) is 30.4 Å². The molecule has 8 heteroatoms. The van der Waals surface area contributed by atoms with Crippen molar-refractivity contribution in [1.82, 2.24) is 9.80 Å². The highest BCUT2D eigenvalue weighted by Crippen LogP contribution is 2.32. The number of aliphatic hydroxyl groups is 1. The van der Waals surface area contributed by atoms with Gasteiger partial charge in [0.1, 0.15) is 12.4 Å². The van der Waals surface area contributed by atoms with Gasteiger partial charge in [0.2, 0.25) is 0 Å². The van der Waals surface area contributed by atoms with Crippen LogP contribution in [-0.2, 0) is 17.7 Å². The number of nitrogens with zero attached hydrogens (tertiary/aromatic N) is 2. The molecule has 0 spiro atoms. The van der Waals surface area contributed by atoms with Gasteiger partial charge in [-0.05, 0) is 55.0 Å². The number of aliphatic hydroxyl groups excluding tert-OH is 1. The van der Waals surface area contributed by atoms with E-state index in [4.69, 9.17) is 15.2 Å². The molecule has 0 aliphatic carbocycles. The van der Waals surface area contributed by atoms with E-state index in [1.807, 2.05) is 29.2 Å². The lowest BCUT2D eigenvalue weighted by atomic mass is 10.0. The van der Waals surface area contributed by atoms with Crippen LogP contribution >= 0.6 is 0 Å². The van der Waals surface area contributed by atoms with Crippen LogP contribution in [0.2, 0.25) is 0 Å². The van der Waals surface area contributed by atoms with E-state index in [1.165, 1.54) is 0 Å². The first-order chi connectivity index (χ1) is 17.0. The summed E-state index contributed by atoms with van der Waals surface area (Å²) in [6, 6.07) is 13.3. The fourth-order valence-corrected chi connectivity index (χ4v) is 5.44. The lowest BCUT2D eigenvalue weighted by Gasteiger charge is -2.34. The van der Waals surface area contributed by atoms with E-state index in [0.29, 0.717) is 62.6 Å². The Balaban J connectivity index is 1.24. The van der Waals surface area contributed by atoms with Crippen LogP contribution < -0.4 is 10.5 Å². The maximum absolute atomic E-state index is 13.3. The summed E-state index contributed by atoms with van der Waals surface area (Å²) in [5.41, 5.74) is 8.96. The second-order valence-corrected chi connectivity index (χ2v) is 9.61. The highest BCUT2D eigenvalue weighted by Gasteiger charge is 2.41. The van der Waals surface area contributed by atoms with Crippen LogP contribution in [0.1, 0.15) is 51.1 Å². The van der Waals surface area contributed by atoms with Gasteiger partial charge in [0.25, 0.3) is 11.8 Å². The third-order valence-electron chi connectivity index (χ3n) is 7.36. The van der Waals surface area contributed by atoms with Gasteiger partial charge in [-0.15, -0.1) is 0 Å². The van der Waals surface area contributed by atoms with Gasteiger partial charge in [-0.1, -0.05) is 24.3 Å². The number of β-amino-alcohol motifs (C(OH)–C–C–N with tert-alkyl or cyclic N) is 1. The molecule has 5 rings (SSSR count). The first kappa shape index (κ1) is 23.8. The van der Waals surface area contributed by atoms with Crippen molar-refractivity contribution in [2.24, 2.45) is 5.73 Å². The Kier molecular flexibility index (Phi) is 7.04. The average molecular weight is 480 g/mol. The third-order valence-corrected chi connectivity index (χ3v) is 7.36. The van der Waals surface area contributed by atoms with Crippen LogP contribution in [0.5, 0.6) is 5.75 Å². The van der Waals surface area contributed by atoms with Gasteiger partial charge in [0.15, 0.2) is 0 Å². The first-order valence-corrected chi connectivity index (χ1v) is 12.5. The number of aryl methyl sites for hydroxylation is 1. The van der Waals surface area contributed by atoms with Crippen molar-refractivity contribution in [1.29, 1.82) is 0 Å². The lowest BCUT2D eigenvalue weighted by Crippen LogP contribution is -2.49. The van der Waals surface area contributed by atoms with E-state index < -0.39 is 6.10 Å². The smallest absolute Gasteiger partial charge is 0.257 e. The number of fused-ring (bicyclic) bond motifs is 3. The Hall–Kier alpha value is -2.94. The molecule has 0 aromatic heterocycles. The largest absolute Gasteiger partial charge is 0.491 e. The number of amides is 2. The van der Waals surface area contributed by atoms with Crippen molar-refractivity contribution in [3.8, 4) is 5.75 Å². The number of benzene rings is 2. The summed E-state index contributed by atoms with van der Waals surface area (Å²) in [5, 5.41) is 10.7. The number of rotatable bonds is 7. The van der Waals surface area contributed by atoms with Crippen molar-refractivity contribution >= 4 is 11.8 Å². The Bertz CT molecular complexity index is 1070. The van der Waals surface area contributed by atoms with E-state index in [1.54, 1.807) is 23.1 Å². The molecule has 3 atom stereocenters. The van der Waals surface area contributed by atoms with Crippen LogP contribution in [0.25, 0.3) is 0 Å². The summed E-state index contributed by atoms with van der Waals surface area (Å²) in [5.74, 6) is 0.202. The number of hydrogen-bond acceptors (Lipinski definition) is 6. The van der Waals surface area contributed by atoms with E-state index in [9.17, 15) is 14.7 Å². The van der Waals surface area contributed by atoms with Crippen molar-refractivity contribution in [2.75, 3.05) is 32.9 Å². The Morgan fingerprint density at radius 1 is 1.11 bits per heavy atom. The average Bonchev–Trinajstić information content (AvgIpc) is 3.03. The molecule has 8 nitrogen and oxygen atoms in total. The molecule has 2 amide bonds. The first-order valence-electron chi connectivity index (χ1n) is 12.5. The van der Waals surface area contributed by atoms with Crippen molar-refractivity contribution in [3.05, 3.63) is 64.7 Å². The molecule has 3 aliphatic rings. The highest BCUT2D eigenvalue weighted by molar-refractivity contribution is 6.00. The SMILES string of the molecule is NCc1ccccc1CCC(O)CN1CCOc2cc(C(=O)N3C4CCC3COC4)ccc2C1=O. The molecule has 0 radical (unpaired) electrons. The molecule has 2 bridgehead atoms. The summed E-state index contributed by atoms with van der Waals surface area (Å²) in [6.07, 6.45) is 2.49. The van der Waals surface area contributed by atoms with E-state index >= 15 is 0 Å². The quantitative estimate of drug-likeness (QED) is 0.629. The van der Waals surface area contributed by atoms with Gasteiger partial charge in [-0.25, -0.2) is 0 Å². The molecular formula is C27H33N3O5. The van der Waals surface area contributed by atoms with Gasteiger partial charge in [0, 0.05) is 18.7 Å². The van der Waals surface area contributed by atoms with E-state index in [0.717, 1.165) is 24.0 Å². The van der Waals surface area contributed by atoms with Gasteiger partial charge < -0.3 is 30.1 Å². The molecular weight excluding hydrogens is 446 g/mol.